The predicted molar refractivity (Wildman–Crippen MR) is 637 cm³/mol. The van der Waals surface area contributed by atoms with Crippen LogP contribution in [0, 0.1) is 90.3 Å². The first kappa shape index (κ1) is 177. The minimum Gasteiger partial charge on any atom is -0.344 e. The van der Waals surface area contributed by atoms with Crippen molar-refractivity contribution in [3.05, 3.63) is 255 Å². The minimum atomic E-state index is -0.139. The summed E-state index contributed by atoms with van der Waals surface area (Å²) in [6, 6.07) is 78.4. The number of ketones is 9. The SMILES string of the molecule is CC.CC.CC.CC.CC.CC.CC(=O)C(C)(C)C.CC(=O)C(C)(C)C.CC(=O)C(C)(C)C.CC(=O)C(C)(C)C.CC(=O)C(C)(C)C.CC(=O)C(C)(C)C.CC(=O)C(C)(C)C.CC(=O)C(C)(C)C.CC(=O)C(C)(C)C.CCC(C)(C)C.CCC(C)(C)C.CCC(C)(C)C.[CH-]=Cc1[c-]cccc1.[CH-]=Cc1[c-]cccc1.[W+2].[W+2].c1ccc2ccccc2c1.c1ccc2ccccc2c1.c1ccccc1.c1ccccc1. The van der Waals surface area contributed by atoms with Gasteiger partial charge >= 0.3 is 42.1 Å². The van der Waals surface area contributed by atoms with E-state index < -0.39 is 0 Å². The van der Waals surface area contributed by atoms with Crippen molar-refractivity contribution in [2.75, 3.05) is 0 Å². The molecule has 0 fully saturated rings. The maximum absolute atomic E-state index is 10.5. The Morgan fingerprint density at radius 2 is 0.280 bits per heavy atom. The average molecular weight is 2320 g/mol. The smallest absolute Gasteiger partial charge is 0.344 e. The van der Waals surface area contributed by atoms with Crippen LogP contribution >= 0.6 is 0 Å². The second kappa shape index (κ2) is 103. The Balaban J connectivity index is -0.0000000719. The summed E-state index contributed by atoms with van der Waals surface area (Å²) in [6.07, 6.45) is 6.87. The molecule has 0 atom stereocenters. The van der Waals surface area contributed by atoms with Gasteiger partial charge in [0, 0.05) is 48.7 Å². The topological polar surface area (TPSA) is 154 Å². The summed E-state index contributed by atoms with van der Waals surface area (Å²) in [5.41, 5.74) is 2.25. The molecule has 0 heterocycles. The van der Waals surface area contributed by atoms with Crippen LogP contribution in [0.3, 0.4) is 0 Å². The summed E-state index contributed by atoms with van der Waals surface area (Å²) in [5, 5.41) is 5.24. The van der Waals surface area contributed by atoms with Crippen LogP contribution in [0.25, 0.3) is 33.7 Å². The van der Waals surface area contributed by atoms with Gasteiger partial charge in [-0.3, -0.25) is 43.2 Å². The van der Waals surface area contributed by atoms with E-state index in [0.717, 1.165) is 11.1 Å². The molecule has 9 nitrogen and oxygen atoms in total. The van der Waals surface area contributed by atoms with E-state index in [0.29, 0.717) is 16.2 Å². The molecule has 0 aliphatic rings. The van der Waals surface area contributed by atoms with E-state index in [1.54, 1.807) is 62.3 Å². The summed E-state index contributed by atoms with van der Waals surface area (Å²) in [5.74, 6) is 2.19. The van der Waals surface area contributed by atoms with Crippen LogP contribution < -0.4 is 0 Å². The number of carbonyl (C=O) groups excluding carboxylic acids is 9. The van der Waals surface area contributed by atoms with Gasteiger partial charge in [-0.25, -0.2) is 24.3 Å². The van der Waals surface area contributed by atoms with Crippen LogP contribution in [0.2, 0.25) is 0 Å². The van der Waals surface area contributed by atoms with Crippen molar-refractivity contribution in [3.63, 3.8) is 0 Å². The van der Waals surface area contributed by atoms with Crippen molar-refractivity contribution in [3.8, 4) is 0 Å². The number of carbonyl (C=O) groups is 9. The van der Waals surface area contributed by atoms with Crippen molar-refractivity contribution < 1.29 is 85.3 Å². The van der Waals surface area contributed by atoms with Gasteiger partial charge in [0.05, 0.1) is 0 Å². The molecule has 820 valence electrons. The quantitative estimate of drug-likeness (QED) is 0.154. The zero-order valence-electron chi connectivity index (χ0n) is 104. The van der Waals surface area contributed by atoms with E-state index in [9.17, 15) is 43.2 Å². The maximum Gasteiger partial charge on any atom is 2.00 e. The predicted octanol–water partition coefficient (Wildman–Crippen LogP) is 41.0. The third kappa shape index (κ3) is 154. The van der Waals surface area contributed by atoms with Gasteiger partial charge in [-0.05, 0) is 100 Å². The molecule has 0 N–H and O–H groups in total. The molecule has 0 amide bonds. The van der Waals surface area contributed by atoms with Gasteiger partial charge in [-0.2, -0.15) is 24.3 Å². The van der Waals surface area contributed by atoms with Crippen LogP contribution in [0.5, 0.6) is 0 Å². The Morgan fingerprint density at radius 3 is 0.329 bits per heavy atom. The maximum atomic E-state index is 10.5. The zero-order valence-corrected chi connectivity index (χ0v) is 110. The Morgan fingerprint density at radius 1 is 0.196 bits per heavy atom. The second-order valence-electron chi connectivity index (χ2n) is 44.0. The molecule has 0 aliphatic carbocycles. The third-order valence-electron chi connectivity index (χ3n) is 19.2. The number of benzene rings is 8. The first-order chi connectivity index (χ1) is 64.0. The summed E-state index contributed by atoms with van der Waals surface area (Å²) in [4.78, 5) is 94.2. The molecule has 8 aromatic carbocycles. The second-order valence-corrected chi connectivity index (χ2v) is 44.0. The average Bonchev–Trinajstić information content (AvgIpc) is 0.871. The van der Waals surface area contributed by atoms with Gasteiger partial charge in [-0.15, -0.1) is 12.1 Å². The summed E-state index contributed by atoms with van der Waals surface area (Å²) in [6.45, 7) is 127. The van der Waals surface area contributed by atoms with Gasteiger partial charge in [0.2, 0.25) is 0 Å². The van der Waals surface area contributed by atoms with Gasteiger partial charge in [0.15, 0.2) is 0 Å². The number of rotatable bonds is 2. The molecule has 11 heteroatoms. The number of Topliss-reactive ketones (excluding diaryl/α,β-unsaturated/α-hetero) is 9. The monoisotopic (exact) mass is 2320 g/mol. The normalized spacial score (nSPS) is 9.82. The molecular formula is C132H226O9W2. The molecule has 0 saturated heterocycles. The fourth-order valence-corrected chi connectivity index (χ4v) is 4.06. The Bertz CT molecular complexity index is 3490. The van der Waals surface area contributed by atoms with Crippen molar-refractivity contribution >= 4 is 85.7 Å². The molecule has 8 aromatic rings. The first-order valence-electron chi connectivity index (χ1n) is 51.5. The molecule has 0 bridgehead atoms. The third-order valence-corrected chi connectivity index (χ3v) is 19.2. The van der Waals surface area contributed by atoms with Crippen LogP contribution in [0.1, 0.15) is 446 Å². The van der Waals surface area contributed by atoms with Crippen LogP contribution in [-0.2, 0) is 85.3 Å². The fourth-order valence-electron chi connectivity index (χ4n) is 4.06. The Hall–Kier alpha value is -7.83. The van der Waals surface area contributed by atoms with E-state index >= 15 is 0 Å². The van der Waals surface area contributed by atoms with Crippen LogP contribution in [0.15, 0.2) is 218 Å². The van der Waals surface area contributed by atoms with E-state index in [4.69, 9.17) is 13.2 Å². The summed E-state index contributed by atoms with van der Waals surface area (Å²) < 4.78 is 0. The van der Waals surface area contributed by atoms with Crippen molar-refractivity contribution in [1.29, 1.82) is 0 Å². The fraction of sp³-hybridized carbons (Fsp3) is 0.568. The minimum absolute atomic E-state index is 0. The van der Waals surface area contributed by atoms with E-state index in [2.05, 4.69) is 192 Å². The molecule has 0 spiro atoms. The molecule has 0 radical (unpaired) electrons. The zero-order chi connectivity index (χ0) is 116. The standard InChI is InChI=1S/2C10H8.2C8H6.9C6H12O.2C6H6.3C6H14.6C2H6.2W/c2*1-2-6-10-8-4-3-7-9(10)5-1;2*1-2-8-6-4-3-5-7-8;9*1-5(7)6(2,3)4;2*1-2-4-6-5-3-1;3*1-5-6(2,3)4;6*1-2;;/h2*1-8H;2*1-6H;9*1-4H3;2*1-6H;3*5H2,1-4H3;6*1-2H3;;/q;;2*-2;;;;;;;;;;;;;;;;;;;;;2*+2. The summed E-state index contributed by atoms with van der Waals surface area (Å²) >= 11 is 0. The first-order valence-corrected chi connectivity index (χ1v) is 51.5. The molecule has 143 heavy (non-hydrogen) atoms. The number of hydrogen-bond donors (Lipinski definition) is 0. The summed E-state index contributed by atoms with van der Waals surface area (Å²) in [7, 11) is 0. The number of hydrogen-bond acceptors (Lipinski definition) is 9. The van der Waals surface area contributed by atoms with Crippen molar-refractivity contribution in [2.45, 2.75) is 435 Å². The van der Waals surface area contributed by atoms with Gasteiger partial charge < -0.3 is 36.4 Å². The van der Waals surface area contributed by atoms with Crippen molar-refractivity contribution in [2.24, 2.45) is 65.0 Å². The molecule has 0 aromatic heterocycles. The molecule has 0 unspecified atom stereocenters. The number of fused-ring (bicyclic) bond motifs is 2. The molecule has 0 saturated carbocycles. The molecule has 0 aliphatic heterocycles. The van der Waals surface area contributed by atoms with Crippen LogP contribution in [0.4, 0.5) is 0 Å². The molecule has 8 rings (SSSR count). The molecular weight excluding hydrogens is 2100 g/mol. The van der Waals surface area contributed by atoms with Gasteiger partial charge in [0.1, 0.15) is 52.0 Å². The van der Waals surface area contributed by atoms with Gasteiger partial charge in [0.25, 0.3) is 0 Å². The van der Waals surface area contributed by atoms with Crippen LogP contribution in [-0.4, -0.2) is 52.0 Å². The largest absolute Gasteiger partial charge is 2.00 e. The van der Waals surface area contributed by atoms with Gasteiger partial charge in [-0.1, -0.05) is 542 Å². The Labute approximate surface area is 918 Å². The van der Waals surface area contributed by atoms with E-state index in [1.807, 2.05) is 391 Å². The van der Waals surface area contributed by atoms with Crippen molar-refractivity contribution in [1.82, 2.24) is 0 Å². The Kier molecular flexibility index (Phi) is 127. The van der Waals surface area contributed by atoms with E-state index in [1.165, 1.54) is 53.0 Å². The van der Waals surface area contributed by atoms with E-state index in [-0.39, 0.29) is 143 Å².